The smallest absolute Gasteiger partial charge is 0.306 e. The molecule has 0 amide bonds. The number of nitrogens with one attached hydrogen (secondary N) is 1. The molecule has 0 fully saturated rings. The van der Waals surface area contributed by atoms with Crippen LogP contribution in [0.25, 0.3) is 10.2 Å². The molecule has 2 aromatic rings. The number of H-pyrrole nitrogens is 1. The summed E-state index contributed by atoms with van der Waals surface area (Å²) in [6.45, 7) is 0. The molecule has 5 heteroatoms. The van der Waals surface area contributed by atoms with Crippen LogP contribution in [0.15, 0.2) is 21.0 Å². The Morgan fingerprint density at radius 2 is 2.25 bits per heavy atom. The lowest BCUT2D eigenvalue weighted by Gasteiger charge is -1.93. The number of rotatable bonds is 0. The summed E-state index contributed by atoms with van der Waals surface area (Å²) in [5, 5.41) is 1.78. The SMILES string of the molecule is Cn1c(=O)[nH]c2ccsc2c1=O. The number of fused-ring (bicyclic) bond motifs is 1. The van der Waals surface area contributed by atoms with Gasteiger partial charge in [0, 0.05) is 7.05 Å². The maximum Gasteiger partial charge on any atom is 0.328 e. The second-order valence-corrected chi connectivity index (χ2v) is 3.37. The minimum atomic E-state index is -0.370. The largest absolute Gasteiger partial charge is 0.328 e. The monoisotopic (exact) mass is 182 g/mol. The lowest BCUT2D eigenvalue weighted by atomic mass is 10.5. The highest BCUT2D eigenvalue weighted by Gasteiger charge is 2.03. The number of hydrogen-bond donors (Lipinski definition) is 1. The van der Waals surface area contributed by atoms with Crippen molar-refractivity contribution in [3.8, 4) is 0 Å². The van der Waals surface area contributed by atoms with Gasteiger partial charge < -0.3 is 4.98 Å². The first-order valence-corrected chi connectivity index (χ1v) is 4.24. The van der Waals surface area contributed by atoms with E-state index in [2.05, 4.69) is 4.98 Å². The summed E-state index contributed by atoms with van der Waals surface area (Å²) in [6.07, 6.45) is 0. The summed E-state index contributed by atoms with van der Waals surface area (Å²) in [7, 11) is 1.46. The van der Waals surface area contributed by atoms with E-state index < -0.39 is 0 Å². The van der Waals surface area contributed by atoms with Crippen molar-refractivity contribution in [1.29, 1.82) is 0 Å². The lowest BCUT2D eigenvalue weighted by Crippen LogP contribution is -2.31. The Morgan fingerprint density at radius 3 is 3.00 bits per heavy atom. The minimum absolute atomic E-state index is 0.233. The predicted octanol–water partition coefficient (Wildman–Crippen LogP) is 0.288. The van der Waals surface area contributed by atoms with Crippen LogP contribution in [-0.4, -0.2) is 9.55 Å². The third-order valence-electron chi connectivity index (χ3n) is 1.71. The molecule has 0 aliphatic carbocycles. The zero-order chi connectivity index (χ0) is 8.72. The number of nitrogens with zero attached hydrogens (tertiary/aromatic N) is 1. The van der Waals surface area contributed by atoms with E-state index in [4.69, 9.17) is 0 Å². The summed E-state index contributed by atoms with van der Waals surface area (Å²) in [4.78, 5) is 25.0. The third-order valence-corrected chi connectivity index (χ3v) is 2.61. The highest BCUT2D eigenvalue weighted by molar-refractivity contribution is 7.17. The van der Waals surface area contributed by atoms with Crippen LogP contribution in [0, 0.1) is 0 Å². The quantitative estimate of drug-likeness (QED) is 0.636. The van der Waals surface area contributed by atoms with E-state index in [-0.39, 0.29) is 11.2 Å². The normalized spacial score (nSPS) is 10.8. The van der Waals surface area contributed by atoms with E-state index in [0.29, 0.717) is 10.2 Å². The standard InChI is InChI=1S/C7H6N2O2S/c1-9-6(10)5-4(2-3-12-5)8-7(9)11/h2-3H,1H3,(H,8,11). The van der Waals surface area contributed by atoms with Gasteiger partial charge in [-0.05, 0) is 11.4 Å². The van der Waals surface area contributed by atoms with Gasteiger partial charge in [-0.2, -0.15) is 0 Å². The molecule has 0 spiro atoms. The van der Waals surface area contributed by atoms with Crippen molar-refractivity contribution in [2.24, 2.45) is 7.05 Å². The third kappa shape index (κ3) is 0.831. The van der Waals surface area contributed by atoms with Gasteiger partial charge in [0.1, 0.15) is 4.70 Å². The van der Waals surface area contributed by atoms with Crippen molar-refractivity contribution in [2.75, 3.05) is 0 Å². The molecule has 2 heterocycles. The molecule has 0 aromatic carbocycles. The van der Waals surface area contributed by atoms with E-state index >= 15 is 0 Å². The second kappa shape index (κ2) is 2.31. The predicted molar refractivity (Wildman–Crippen MR) is 47.7 cm³/mol. The van der Waals surface area contributed by atoms with E-state index in [1.54, 1.807) is 11.4 Å². The minimum Gasteiger partial charge on any atom is -0.306 e. The van der Waals surface area contributed by atoms with Crippen LogP contribution in [0.1, 0.15) is 0 Å². The zero-order valence-corrected chi connectivity index (χ0v) is 7.14. The summed E-state index contributed by atoms with van der Waals surface area (Å²) in [5.41, 5.74) is 0.0164. The van der Waals surface area contributed by atoms with E-state index in [0.717, 1.165) is 4.57 Å². The second-order valence-electron chi connectivity index (χ2n) is 2.46. The lowest BCUT2D eigenvalue weighted by molar-refractivity contribution is 0.796. The van der Waals surface area contributed by atoms with Gasteiger partial charge in [0.05, 0.1) is 5.52 Å². The fourth-order valence-electron chi connectivity index (χ4n) is 1.02. The molecule has 62 valence electrons. The van der Waals surface area contributed by atoms with Gasteiger partial charge >= 0.3 is 5.69 Å². The highest BCUT2D eigenvalue weighted by Crippen LogP contribution is 2.11. The fraction of sp³-hybridized carbons (Fsp3) is 0.143. The Balaban J connectivity index is 3.16. The van der Waals surface area contributed by atoms with Crippen molar-refractivity contribution < 1.29 is 0 Å². The molecule has 0 saturated heterocycles. The Kier molecular flexibility index (Phi) is 1.41. The van der Waals surface area contributed by atoms with Gasteiger partial charge in [-0.1, -0.05) is 0 Å². The van der Waals surface area contributed by atoms with Crippen molar-refractivity contribution in [1.82, 2.24) is 9.55 Å². The molecule has 0 aliphatic heterocycles. The first-order valence-electron chi connectivity index (χ1n) is 3.36. The molecule has 1 N–H and O–H groups in total. The molecule has 12 heavy (non-hydrogen) atoms. The number of aromatic amines is 1. The van der Waals surface area contributed by atoms with Gasteiger partial charge in [-0.3, -0.25) is 9.36 Å². The molecular formula is C7H6N2O2S. The molecule has 0 bridgehead atoms. The summed E-state index contributed by atoms with van der Waals surface area (Å²) in [5.74, 6) is 0. The maximum absolute atomic E-state index is 11.4. The van der Waals surface area contributed by atoms with Crippen molar-refractivity contribution in [3.63, 3.8) is 0 Å². The molecular weight excluding hydrogens is 176 g/mol. The van der Waals surface area contributed by atoms with Crippen LogP contribution in [0.4, 0.5) is 0 Å². The first-order chi connectivity index (χ1) is 5.70. The maximum atomic E-state index is 11.4. The molecule has 2 aromatic heterocycles. The molecule has 0 radical (unpaired) electrons. The van der Waals surface area contributed by atoms with Crippen LogP contribution in [0.3, 0.4) is 0 Å². The average molecular weight is 182 g/mol. The first kappa shape index (κ1) is 7.30. The van der Waals surface area contributed by atoms with Gasteiger partial charge in [0.25, 0.3) is 5.56 Å². The van der Waals surface area contributed by atoms with Gasteiger partial charge in [0.2, 0.25) is 0 Å². The van der Waals surface area contributed by atoms with Gasteiger partial charge in [-0.25, -0.2) is 4.79 Å². The van der Waals surface area contributed by atoms with Crippen LogP contribution in [0.2, 0.25) is 0 Å². The molecule has 0 aliphatic rings. The number of thiophene rings is 1. The van der Waals surface area contributed by atoms with Crippen LogP contribution in [-0.2, 0) is 7.05 Å². The highest BCUT2D eigenvalue weighted by atomic mass is 32.1. The average Bonchev–Trinajstić information content (AvgIpc) is 2.48. The summed E-state index contributed by atoms with van der Waals surface area (Å²) in [6, 6.07) is 1.72. The van der Waals surface area contributed by atoms with E-state index in [1.807, 2.05) is 0 Å². The van der Waals surface area contributed by atoms with Gasteiger partial charge in [0.15, 0.2) is 0 Å². The van der Waals surface area contributed by atoms with E-state index in [9.17, 15) is 9.59 Å². The Morgan fingerprint density at radius 1 is 1.50 bits per heavy atom. The van der Waals surface area contributed by atoms with Gasteiger partial charge in [-0.15, -0.1) is 11.3 Å². The van der Waals surface area contributed by atoms with Crippen molar-refractivity contribution >= 4 is 21.6 Å². The topological polar surface area (TPSA) is 54.9 Å². The number of hydrogen-bond acceptors (Lipinski definition) is 3. The molecule has 2 rings (SSSR count). The Hall–Kier alpha value is -1.36. The Bertz CT molecular complexity index is 534. The Labute approximate surface area is 71.1 Å². The van der Waals surface area contributed by atoms with Crippen LogP contribution in [0.5, 0.6) is 0 Å². The zero-order valence-electron chi connectivity index (χ0n) is 6.33. The summed E-state index contributed by atoms with van der Waals surface area (Å²) >= 11 is 1.33. The molecule has 0 atom stereocenters. The summed E-state index contributed by atoms with van der Waals surface area (Å²) < 4.78 is 1.66. The van der Waals surface area contributed by atoms with Crippen molar-refractivity contribution in [2.45, 2.75) is 0 Å². The van der Waals surface area contributed by atoms with Crippen LogP contribution < -0.4 is 11.2 Å². The number of aromatic nitrogens is 2. The van der Waals surface area contributed by atoms with Crippen LogP contribution >= 0.6 is 11.3 Å². The van der Waals surface area contributed by atoms with E-state index in [1.165, 1.54) is 18.4 Å². The molecule has 0 unspecified atom stereocenters. The molecule has 0 saturated carbocycles. The fourth-order valence-corrected chi connectivity index (χ4v) is 1.84. The molecule has 4 nitrogen and oxygen atoms in total. The van der Waals surface area contributed by atoms with Crippen molar-refractivity contribution in [3.05, 3.63) is 32.3 Å².